The van der Waals surface area contributed by atoms with E-state index in [1.165, 1.54) is 38.5 Å². The number of anilines is 4. The molecule has 224 valence electrons. The van der Waals surface area contributed by atoms with Gasteiger partial charge in [0.2, 0.25) is 0 Å². The molecule has 0 unspecified atom stereocenters. The molecule has 0 amide bonds. The molecule has 0 radical (unpaired) electrons. The minimum absolute atomic E-state index is 0.112. The summed E-state index contributed by atoms with van der Waals surface area (Å²) in [6, 6.07) is 35.9. The number of nitrogens with one attached hydrogen (secondary N) is 2. The molecular weight excluding hydrogens is 581 g/mol. The predicted octanol–water partition coefficient (Wildman–Crippen LogP) is 12.2. The van der Waals surface area contributed by atoms with E-state index in [2.05, 4.69) is 111 Å². The number of para-hydroxylation sites is 2. The molecular formula is C39H39Cl2N3. The van der Waals surface area contributed by atoms with Gasteiger partial charge in [0, 0.05) is 39.7 Å². The molecule has 3 nitrogen and oxygen atoms in total. The van der Waals surface area contributed by atoms with Gasteiger partial charge >= 0.3 is 0 Å². The van der Waals surface area contributed by atoms with E-state index in [0.29, 0.717) is 10.0 Å². The third-order valence-corrected chi connectivity index (χ3v) is 8.89. The van der Waals surface area contributed by atoms with Gasteiger partial charge in [-0.05, 0) is 76.1 Å². The lowest BCUT2D eigenvalue weighted by molar-refractivity contribution is 0.592. The number of rotatable bonds is 6. The Bertz CT molecular complexity index is 1850. The normalized spacial score (nSPS) is 12.2. The van der Waals surface area contributed by atoms with Gasteiger partial charge in [0.15, 0.2) is 0 Å². The smallest absolute Gasteiger partial charge is 0.0640 e. The highest BCUT2D eigenvalue weighted by atomic mass is 35.5. The van der Waals surface area contributed by atoms with Crippen molar-refractivity contribution in [1.29, 1.82) is 0 Å². The quantitative estimate of drug-likeness (QED) is 0.194. The summed E-state index contributed by atoms with van der Waals surface area (Å²) < 4.78 is 2.48. The van der Waals surface area contributed by atoms with Crippen LogP contribution in [0, 0.1) is 0 Å². The van der Waals surface area contributed by atoms with Crippen LogP contribution in [0.15, 0.2) is 103 Å². The molecule has 5 heteroatoms. The zero-order valence-corrected chi connectivity index (χ0v) is 27.7. The molecule has 0 atom stereocenters. The Labute approximate surface area is 270 Å². The molecule has 5 aromatic carbocycles. The first-order valence-corrected chi connectivity index (χ1v) is 15.9. The van der Waals surface area contributed by atoms with Crippen LogP contribution in [0.2, 0.25) is 10.0 Å². The van der Waals surface area contributed by atoms with Gasteiger partial charge in [0.25, 0.3) is 0 Å². The van der Waals surface area contributed by atoms with Crippen LogP contribution in [-0.4, -0.2) is 4.57 Å². The van der Waals surface area contributed by atoms with Crippen LogP contribution in [0.3, 0.4) is 0 Å². The largest absolute Gasteiger partial charge is 0.354 e. The highest BCUT2D eigenvalue weighted by Crippen LogP contribution is 2.43. The van der Waals surface area contributed by atoms with Crippen LogP contribution in [0.5, 0.6) is 0 Å². The lowest BCUT2D eigenvalue weighted by atomic mass is 9.84. The number of hydrogen-bond donors (Lipinski definition) is 2. The highest BCUT2D eigenvalue weighted by molar-refractivity contribution is 6.33. The second-order valence-corrected chi connectivity index (χ2v) is 14.4. The third-order valence-electron chi connectivity index (χ3n) is 8.23. The fraction of sp³-hybridized carbons (Fsp3) is 0.231. The molecule has 0 aliphatic carbocycles. The minimum Gasteiger partial charge on any atom is -0.354 e. The van der Waals surface area contributed by atoms with Crippen LogP contribution in [0.4, 0.5) is 22.7 Å². The summed E-state index contributed by atoms with van der Waals surface area (Å²) >= 11 is 13.3. The highest BCUT2D eigenvalue weighted by Gasteiger charge is 2.25. The van der Waals surface area contributed by atoms with Gasteiger partial charge in [-0.1, -0.05) is 119 Å². The van der Waals surface area contributed by atoms with E-state index in [4.69, 9.17) is 23.2 Å². The summed E-state index contributed by atoms with van der Waals surface area (Å²) in [5.41, 5.74) is 9.79. The lowest BCUT2D eigenvalue weighted by Gasteiger charge is -2.25. The van der Waals surface area contributed by atoms with Gasteiger partial charge < -0.3 is 15.2 Å². The predicted molar refractivity (Wildman–Crippen MR) is 192 cm³/mol. The van der Waals surface area contributed by atoms with Crippen LogP contribution in [0.1, 0.15) is 58.2 Å². The maximum Gasteiger partial charge on any atom is 0.0640 e. The second-order valence-electron chi connectivity index (χ2n) is 13.6. The maximum absolute atomic E-state index is 6.63. The monoisotopic (exact) mass is 619 g/mol. The zero-order valence-electron chi connectivity index (χ0n) is 26.2. The summed E-state index contributed by atoms with van der Waals surface area (Å²) in [6.45, 7) is 14.3. The number of halogens is 2. The Kier molecular flexibility index (Phi) is 7.90. The van der Waals surface area contributed by atoms with E-state index < -0.39 is 0 Å². The molecule has 0 spiro atoms. The van der Waals surface area contributed by atoms with Crippen molar-refractivity contribution >= 4 is 67.8 Å². The van der Waals surface area contributed by atoms with Crippen molar-refractivity contribution in [3.8, 4) is 0 Å². The van der Waals surface area contributed by atoms with Crippen molar-refractivity contribution in [3.05, 3.63) is 130 Å². The molecule has 0 fully saturated rings. The average molecular weight is 621 g/mol. The summed E-state index contributed by atoms with van der Waals surface area (Å²) in [5.74, 6) is 0. The number of fused-ring (bicyclic) bond motifs is 3. The molecule has 0 aliphatic heterocycles. The van der Waals surface area contributed by atoms with Crippen molar-refractivity contribution in [3.63, 3.8) is 0 Å². The van der Waals surface area contributed by atoms with Crippen LogP contribution in [0.25, 0.3) is 21.8 Å². The molecule has 2 N–H and O–H groups in total. The summed E-state index contributed by atoms with van der Waals surface area (Å²) in [5, 5.41) is 11.1. The first-order chi connectivity index (χ1) is 20.9. The van der Waals surface area contributed by atoms with Crippen molar-refractivity contribution in [2.45, 2.75) is 58.9 Å². The number of hydrogen-bond acceptors (Lipinski definition) is 2. The van der Waals surface area contributed by atoms with E-state index in [-0.39, 0.29) is 10.8 Å². The van der Waals surface area contributed by atoms with Crippen molar-refractivity contribution in [2.75, 3.05) is 10.6 Å². The summed E-state index contributed by atoms with van der Waals surface area (Å²) in [7, 11) is 0. The fourth-order valence-electron chi connectivity index (χ4n) is 5.98. The van der Waals surface area contributed by atoms with E-state index in [9.17, 15) is 0 Å². The molecule has 0 saturated carbocycles. The van der Waals surface area contributed by atoms with Gasteiger partial charge in [0.05, 0.1) is 21.4 Å². The number of benzene rings is 5. The minimum atomic E-state index is -0.112. The van der Waals surface area contributed by atoms with Gasteiger partial charge in [-0.25, -0.2) is 0 Å². The fourth-order valence-corrected chi connectivity index (χ4v) is 6.35. The molecule has 6 aromatic rings. The topological polar surface area (TPSA) is 29.0 Å². The average Bonchev–Trinajstić information content (AvgIpc) is 3.25. The molecule has 44 heavy (non-hydrogen) atoms. The van der Waals surface area contributed by atoms with Crippen LogP contribution < -0.4 is 10.6 Å². The van der Waals surface area contributed by atoms with Crippen molar-refractivity contribution < 1.29 is 0 Å². The molecule has 0 bridgehead atoms. The molecule has 0 aliphatic rings. The Balaban J connectivity index is 1.67. The van der Waals surface area contributed by atoms with Gasteiger partial charge in [-0.2, -0.15) is 0 Å². The SMILES string of the molecule is CC(C)(C)c1cc2c(cc1Nc1ccccc1Cl)c1cc(Nc3ccccc3Cl)c(C(C)(C)C)cc1n2Cc1ccccc1. The Morgan fingerprint density at radius 1 is 0.523 bits per heavy atom. The van der Waals surface area contributed by atoms with E-state index in [1.54, 1.807) is 0 Å². The summed E-state index contributed by atoms with van der Waals surface area (Å²) in [6.07, 6.45) is 0. The molecule has 1 heterocycles. The Morgan fingerprint density at radius 3 is 1.34 bits per heavy atom. The van der Waals surface area contributed by atoms with Crippen molar-refractivity contribution in [1.82, 2.24) is 4.57 Å². The third kappa shape index (κ3) is 5.92. The van der Waals surface area contributed by atoms with E-state index >= 15 is 0 Å². The first-order valence-electron chi connectivity index (χ1n) is 15.1. The van der Waals surface area contributed by atoms with Crippen LogP contribution in [-0.2, 0) is 17.4 Å². The molecule has 0 saturated heterocycles. The van der Waals surface area contributed by atoms with Crippen molar-refractivity contribution in [2.24, 2.45) is 0 Å². The van der Waals surface area contributed by atoms with E-state index in [0.717, 1.165) is 29.3 Å². The second kappa shape index (κ2) is 11.5. The Hall–Kier alpha value is -3.92. The summed E-state index contributed by atoms with van der Waals surface area (Å²) in [4.78, 5) is 0. The zero-order chi connectivity index (χ0) is 31.2. The first kappa shape index (κ1) is 30.1. The van der Waals surface area contributed by atoms with Gasteiger partial charge in [-0.3, -0.25) is 0 Å². The standard InChI is InChI=1S/C39H39Cl2N3/c1-38(2,3)28-22-36-26(20-34(28)42-32-18-12-10-16-30(32)40)27-21-35(43-33-19-13-11-17-31(33)41)29(39(4,5)6)23-37(27)44(36)24-25-14-8-7-9-15-25/h7-23,42-43H,24H2,1-6H3. The van der Waals surface area contributed by atoms with Crippen LogP contribution >= 0.6 is 23.2 Å². The van der Waals surface area contributed by atoms with Gasteiger partial charge in [0.1, 0.15) is 0 Å². The Morgan fingerprint density at radius 2 is 0.932 bits per heavy atom. The number of aromatic nitrogens is 1. The lowest BCUT2D eigenvalue weighted by Crippen LogP contribution is -2.14. The molecule has 6 rings (SSSR count). The maximum atomic E-state index is 6.63. The number of nitrogens with zero attached hydrogens (tertiary/aromatic N) is 1. The van der Waals surface area contributed by atoms with Gasteiger partial charge in [-0.15, -0.1) is 0 Å². The molecule has 1 aromatic heterocycles. The van der Waals surface area contributed by atoms with E-state index in [1.807, 2.05) is 48.5 Å².